The van der Waals surface area contributed by atoms with Crippen molar-refractivity contribution < 1.29 is 14.3 Å². The molecule has 1 aromatic heterocycles. The maximum atomic E-state index is 14.1. The molecule has 2 amide bonds. The zero-order valence-electron chi connectivity index (χ0n) is 20.7. The number of anilines is 1. The average molecular weight is 561 g/mol. The quantitative estimate of drug-likeness (QED) is 0.338. The lowest BCUT2D eigenvalue weighted by Gasteiger charge is -2.41. The van der Waals surface area contributed by atoms with Crippen molar-refractivity contribution in [1.29, 1.82) is 0 Å². The number of hydrogen-bond donors (Lipinski definition) is 0. The topological polar surface area (TPSA) is 53.1 Å². The van der Waals surface area contributed by atoms with Gasteiger partial charge in [-0.25, -0.2) is 0 Å². The molecule has 1 unspecified atom stereocenters. The number of hydrogen-bond acceptors (Lipinski definition) is 5. The van der Waals surface area contributed by atoms with E-state index in [9.17, 15) is 9.59 Å². The van der Waals surface area contributed by atoms with Crippen molar-refractivity contribution in [3.05, 3.63) is 76.5 Å². The Morgan fingerprint density at radius 1 is 1.08 bits per heavy atom. The van der Waals surface area contributed by atoms with Crippen LogP contribution in [0.4, 0.5) is 5.69 Å². The Bertz CT molecular complexity index is 1210. The molecule has 2 aliphatic heterocycles. The molecule has 9 heteroatoms. The number of carbonyl (C=O) groups is 2. The van der Waals surface area contributed by atoms with Gasteiger partial charge in [0, 0.05) is 36.2 Å². The van der Waals surface area contributed by atoms with Gasteiger partial charge in [-0.3, -0.25) is 19.4 Å². The van der Waals surface area contributed by atoms with Crippen LogP contribution in [0, 0.1) is 6.92 Å². The molecule has 2 aromatic carbocycles. The smallest absolute Gasteiger partial charge is 0.251 e. The minimum absolute atomic E-state index is 0. The van der Waals surface area contributed by atoms with E-state index >= 15 is 0 Å². The van der Waals surface area contributed by atoms with Gasteiger partial charge >= 0.3 is 0 Å². The number of rotatable bonds is 7. The molecule has 37 heavy (non-hydrogen) atoms. The first-order valence-electron chi connectivity index (χ1n) is 12.3. The van der Waals surface area contributed by atoms with E-state index in [1.54, 1.807) is 4.90 Å². The van der Waals surface area contributed by atoms with E-state index in [0.29, 0.717) is 30.6 Å². The van der Waals surface area contributed by atoms with Crippen LogP contribution in [0.5, 0.6) is 11.5 Å². The number of alkyl halides is 1. The zero-order valence-corrected chi connectivity index (χ0v) is 23.1. The average Bonchev–Trinajstić information content (AvgIpc) is 3.59. The second kappa shape index (κ2) is 12.3. The number of carbonyl (C=O) groups excluding carboxylic acids is 2. The third kappa shape index (κ3) is 5.96. The number of para-hydroxylation sites is 1. The second-order valence-electron chi connectivity index (χ2n) is 9.30. The maximum absolute atomic E-state index is 14.1. The predicted molar refractivity (Wildman–Crippen MR) is 151 cm³/mol. The van der Waals surface area contributed by atoms with Gasteiger partial charge in [0.15, 0.2) is 0 Å². The van der Waals surface area contributed by atoms with Crippen molar-refractivity contribution in [2.45, 2.75) is 31.8 Å². The van der Waals surface area contributed by atoms with Crippen molar-refractivity contribution in [2.24, 2.45) is 0 Å². The van der Waals surface area contributed by atoms with Crippen LogP contribution in [-0.4, -0.2) is 59.7 Å². The Morgan fingerprint density at radius 3 is 2.59 bits per heavy atom. The molecule has 0 aliphatic carbocycles. The van der Waals surface area contributed by atoms with Crippen LogP contribution in [0.15, 0.2) is 66.0 Å². The van der Waals surface area contributed by atoms with Crippen LogP contribution in [0.25, 0.3) is 0 Å². The summed E-state index contributed by atoms with van der Waals surface area (Å²) < 4.78 is 5.99. The van der Waals surface area contributed by atoms with E-state index in [1.807, 2.05) is 77.9 Å². The Hall–Kier alpha value is -2.58. The van der Waals surface area contributed by atoms with Gasteiger partial charge in [0.25, 0.3) is 5.91 Å². The third-order valence-electron chi connectivity index (χ3n) is 6.99. The summed E-state index contributed by atoms with van der Waals surface area (Å²) in [5, 5.41) is 1.94. The van der Waals surface area contributed by atoms with Gasteiger partial charge in [-0.1, -0.05) is 24.3 Å². The summed E-state index contributed by atoms with van der Waals surface area (Å²) in [5.41, 5.74) is 1.49. The van der Waals surface area contributed by atoms with Gasteiger partial charge in [-0.15, -0.1) is 35.3 Å². The summed E-state index contributed by atoms with van der Waals surface area (Å²) in [5.74, 6) is 0.829. The lowest BCUT2D eigenvalue weighted by Crippen LogP contribution is -2.55. The minimum atomic E-state index is -0.760. The molecule has 2 atom stereocenters. The number of nitrogens with zero attached hydrogens (tertiary/aromatic N) is 3. The molecule has 2 fully saturated rings. The summed E-state index contributed by atoms with van der Waals surface area (Å²) in [6.45, 7) is 5.28. The summed E-state index contributed by atoms with van der Waals surface area (Å²) >= 11 is 7.60. The molecule has 0 N–H and O–H groups in total. The van der Waals surface area contributed by atoms with Crippen molar-refractivity contribution in [3.63, 3.8) is 0 Å². The molecule has 2 aliphatic rings. The van der Waals surface area contributed by atoms with E-state index in [-0.39, 0.29) is 30.1 Å². The Morgan fingerprint density at radius 2 is 1.89 bits per heavy atom. The SMILES string of the molecule is Cc1cc(Oc2ccccc2)ccc1N(C(=O)CCl)C(C(=O)N1CCN2CCC[C@H]2C1)c1cccs1.Cl. The van der Waals surface area contributed by atoms with Gasteiger partial charge in [0.2, 0.25) is 5.91 Å². The molecule has 0 bridgehead atoms. The molecule has 3 aromatic rings. The van der Waals surface area contributed by atoms with Crippen molar-refractivity contribution in [1.82, 2.24) is 9.80 Å². The number of piperazine rings is 1. The summed E-state index contributed by atoms with van der Waals surface area (Å²) in [4.78, 5) is 34.3. The molecule has 196 valence electrons. The first kappa shape index (κ1) is 27.5. The number of aryl methyl sites for hydroxylation is 1. The van der Waals surface area contributed by atoms with Crippen molar-refractivity contribution in [2.75, 3.05) is 37.0 Å². The number of amides is 2. The van der Waals surface area contributed by atoms with Crippen LogP contribution >= 0.6 is 35.3 Å². The fourth-order valence-electron chi connectivity index (χ4n) is 5.24. The Balaban J connectivity index is 0.00000320. The van der Waals surface area contributed by atoms with Crippen LogP contribution in [0.3, 0.4) is 0 Å². The highest BCUT2D eigenvalue weighted by Gasteiger charge is 2.40. The van der Waals surface area contributed by atoms with Crippen LogP contribution in [0.1, 0.15) is 29.3 Å². The number of benzene rings is 2. The Labute approximate surface area is 233 Å². The summed E-state index contributed by atoms with van der Waals surface area (Å²) in [6, 6.07) is 18.6. The number of thiophene rings is 1. The predicted octanol–water partition coefficient (Wildman–Crippen LogP) is 5.89. The molecule has 6 nitrogen and oxygen atoms in total. The van der Waals surface area contributed by atoms with Gasteiger partial charge in [0.05, 0.1) is 0 Å². The molecule has 2 saturated heterocycles. The van der Waals surface area contributed by atoms with Crippen LogP contribution in [0.2, 0.25) is 0 Å². The molecular weight excluding hydrogens is 529 g/mol. The minimum Gasteiger partial charge on any atom is -0.457 e. The van der Waals surface area contributed by atoms with Crippen LogP contribution < -0.4 is 9.64 Å². The van der Waals surface area contributed by atoms with Crippen molar-refractivity contribution >= 4 is 52.8 Å². The first-order chi connectivity index (χ1) is 17.5. The highest BCUT2D eigenvalue weighted by atomic mass is 35.5. The largest absolute Gasteiger partial charge is 0.457 e. The number of fused-ring (bicyclic) bond motifs is 1. The maximum Gasteiger partial charge on any atom is 0.251 e. The highest BCUT2D eigenvalue weighted by molar-refractivity contribution is 7.10. The van der Waals surface area contributed by atoms with E-state index in [1.165, 1.54) is 17.8 Å². The Kier molecular flexibility index (Phi) is 9.13. The van der Waals surface area contributed by atoms with E-state index in [2.05, 4.69) is 4.90 Å². The lowest BCUT2D eigenvalue weighted by molar-refractivity contribution is -0.136. The molecule has 0 saturated carbocycles. The van der Waals surface area contributed by atoms with Gasteiger partial charge in [-0.2, -0.15) is 0 Å². The highest BCUT2D eigenvalue weighted by Crippen LogP contribution is 2.37. The number of ether oxygens (including phenoxy) is 1. The summed E-state index contributed by atoms with van der Waals surface area (Å²) in [7, 11) is 0. The monoisotopic (exact) mass is 559 g/mol. The third-order valence-corrected chi connectivity index (χ3v) is 8.15. The number of halogens is 2. The van der Waals surface area contributed by atoms with Crippen LogP contribution in [-0.2, 0) is 9.59 Å². The van der Waals surface area contributed by atoms with E-state index in [4.69, 9.17) is 16.3 Å². The van der Waals surface area contributed by atoms with Gasteiger partial charge in [0.1, 0.15) is 23.4 Å². The normalized spacial score (nSPS) is 18.0. The zero-order chi connectivity index (χ0) is 25.1. The molecule has 0 radical (unpaired) electrons. The van der Waals surface area contributed by atoms with E-state index in [0.717, 1.165) is 35.7 Å². The first-order valence-corrected chi connectivity index (χ1v) is 13.7. The van der Waals surface area contributed by atoms with Gasteiger partial charge < -0.3 is 9.64 Å². The van der Waals surface area contributed by atoms with Gasteiger partial charge in [-0.05, 0) is 73.7 Å². The van der Waals surface area contributed by atoms with E-state index < -0.39 is 6.04 Å². The molecular formula is C28H31Cl2N3O3S. The molecule has 0 spiro atoms. The fourth-order valence-corrected chi connectivity index (χ4v) is 6.17. The lowest BCUT2D eigenvalue weighted by atomic mass is 10.1. The van der Waals surface area contributed by atoms with Crippen molar-refractivity contribution in [3.8, 4) is 11.5 Å². The standard InChI is InChI=1S/C28H30ClN3O3S.ClH/c1-20-17-23(35-22-8-3-2-4-9-22)11-12-24(20)32(26(33)18-29)27(25-10-6-16-36-25)28(34)31-15-14-30-13-5-7-21(30)19-31;/h2-4,6,8-12,16-17,21,27H,5,7,13-15,18-19H2,1H3;1H/t21-,27?;/m0./s1. The molecule has 3 heterocycles. The second-order valence-corrected chi connectivity index (χ2v) is 10.5. The summed E-state index contributed by atoms with van der Waals surface area (Å²) in [6.07, 6.45) is 2.29. The molecule has 5 rings (SSSR count). The fraction of sp³-hybridized carbons (Fsp3) is 0.357.